The van der Waals surface area contributed by atoms with E-state index in [1.54, 1.807) is 0 Å². The third-order valence-corrected chi connectivity index (χ3v) is 7.42. The molecule has 0 radical (unpaired) electrons. The highest BCUT2D eigenvalue weighted by atomic mass is 127. The van der Waals surface area contributed by atoms with Crippen LogP contribution in [-0.2, 0) is 4.74 Å². The highest BCUT2D eigenvalue weighted by molar-refractivity contribution is 14.0. The van der Waals surface area contributed by atoms with E-state index in [2.05, 4.69) is 46.0 Å². The third-order valence-electron chi connectivity index (χ3n) is 6.18. The Balaban J connectivity index is 0.00000225. The van der Waals surface area contributed by atoms with Gasteiger partial charge < -0.3 is 19.9 Å². The Morgan fingerprint density at radius 3 is 2.68 bits per heavy atom. The largest absolute Gasteiger partial charge is 0.381 e. The number of likely N-dealkylation sites (N-methyl/N-ethyl adjacent to an activating group) is 1. The number of likely N-dealkylation sites (tertiary alicyclic amines) is 1. The van der Waals surface area contributed by atoms with Crippen molar-refractivity contribution in [2.24, 2.45) is 10.4 Å². The van der Waals surface area contributed by atoms with E-state index >= 15 is 0 Å². The first-order chi connectivity index (χ1) is 11.6. The van der Waals surface area contributed by atoms with Gasteiger partial charge in [0, 0.05) is 50.0 Å². The highest BCUT2D eigenvalue weighted by Crippen LogP contribution is 2.37. The predicted octanol–water partition coefficient (Wildman–Crippen LogP) is 2.51. The summed E-state index contributed by atoms with van der Waals surface area (Å²) in [5, 5.41) is 3.71. The van der Waals surface area contributed by atoms with E-state index in [1.807, 2.05) is 7.05 Å². The molecule has 3 rings (SSSR count). The number of guanidine groups is 1. The quantitative estimate of drug-likeness (QED) is 0.381. The molecule has 3 saturated heterocycles. The van der Waals surface area contributed by atoms with E-state index in [9.17, 15) is 0 Å². The van der Waals surface area contributed by atoms with Crippen LogP contribution in [0.25, 0.3) is 0 Å². The van der Waals surface area contributed by atoms with Gasteiger partial charge in [0.25, 0.3) is 0 Å². The van der Waals surface area contributed by atoms with Gasteiger partial charge in [-0.25, -0.2) is 0 Å². The van der Waals surface area contributed by atoms with Crippen molar-refractivity contribution in [1.29, 1.82) is 0 Å². The first-order valence-corrected chi connectivity index (χ1v) is 10.5. The lowest BCUT2D eigenvalue weighted by molar-refractivity contribution is -0.0371. The second kappa shape index (κ2) is 9.46. The summed E-state index contributed by atoms with van der Waals surface area (Å²) in [5.41, 5.74) is 0.624. The molecule has 0 aromatic heterocycles. The van der Waals surface area contributed by atoms with Gasteiger partial charge in [0.05, 0.1) is 6.61 Å². The molecule has 2 atom stereocenters. The Labute approximate surface area is 174 Å². The number of nitrogens with zero attached hydrogens (tertiary/aromatic N) is 3. The molecular formula is C18H35IN4OS. The van der Waals surface area contributed by atoms with E-state index in [0.717, 1.165) is 38.8 Å². The van der Waals surface area contributed by atoms with Gasteiger partial charge in [-0.05, 0) is 52.0 Å². The van der Waals surface area contributed by atoms with E-state index < -0.39 is 0 Å². The molecule has 1 spiro atoms. The van der Waals surface area contributed by atoms with Crippen molar-refractivity contribution < 1.29 is 4.74 Å². The van der Waals surface area contributed by atoms with Crippen molar-refractivity contribution in [3.63, 3.8) is 0 Å². The molecule has 7 heteroatoms. The van der Waals surface area contributed by atoms with Crippen LogP contribution in [0.4, 0.5) is 0 Å². The van der Waals surface area contributed by atoms with E-state index in [0.29, 0.717) is 5.41 Å². The second-order valence-corrected chi connectivity index (χ2v) is 9.11. The standard InChI is InChI=1S/C18H34N4OS.HI/c1-19-16(20-12-18(21(2)3)8-11-24-15-18)22-9-4-6-17(13-22)7-5-10-23-14-17;/h4-15H2,1-3H3,(H,19,20);1H. The third kappa shape index (κ3) is 4.96. The Kier molecular flexibility index (Phi) is 8.16. The normalized spacial score (nSPS) is 33.6. The number of halogens is 1. The molecule has 0 saturated carbocycles. The van der Waals surface area contributed by atoms with Crippen LogP contribution in [0.2, 0.25) is 0 Å². The number of aliphatic imine (C=N–C) groups is 1. The van der Waals surface area contributed by atoms with Gasteiger partial charge in [0.2, 0.25) is 0 Å². The fourth-order valence-electron chi connectivity index (χ4n) is 4.44. The van der Waals surface area contributed by atoms with Crippen molar-refractivity contribution in [3.05, 3.63) is 0 Å². The Morgan fingerprint density at radius 2 is 2.08 bits per heavy atom. The molecule has 25 heavy (non-hydrogen) atoms. The average Bonchev–Trinajstić information content (AvgIpc) is 3.07. The summed E-state index contributed by atoms with van der Waals surface area (Å²) in [6.45, 7) is 5.07. The first-order valence-electron chi connectivity index (χ1n) is 9.38. The van der Waals surface area contributed by atoms with Gasteiger partial charge in [-0.2, -0.15) is 11.8 Å². The summed E-state index contributed by atoms with van der Waals surface area (Å²) in [5.74, 6) is 3.56. The Bertz CT molecular complexity index is 443. The van der Waals surface area contributed by atoms with Crippen molar-refractivity contribution in [3.8, 4) is 0 Å². The minimum atomic E-state index is 0. The van der Waals surface area contributed by atoms with Gasteiger partial charge in [0.1, 0.15) is 0 Å². The average molecular weight is 482 g/mol. The molecule has 3 aliphatic rings. The van der Waals surface area contributed by atoms with Crippen molar-refractivity contribution in [2.75, 3.05) is 65.5 Å². The molecule has 3 heterocycles. The molecule has 0 aromatic carbocycles. The van der Waals surface area contributed by atoms with Crippen LogP contribution in [0.15, 0.2) is 4.99 Å². The number of thioether (sulfide) groups is 1. The van der Waals surface area contributed by atoms with Gasteiger partial charge in [-0.1, -0.05) is 0 Å². The van der Waals surface area contributed by atoms with Gasteiger partial charge in [-0.3, -0.25) is 4.99 Å². The summed E-state index contributed by atoms with van der Waals surface area (Å²) >= 11 is 2.07. The fourth-order valence-corrected chi connectivity index (χ4v) is 6.00. The lowest BCUT2D eigenvalue weighted by Crippen LogP contribution is -2.58. The number of hydrogen-bond acceptors (Lipinski definition) is 4. The van der Waals surface area contributed by atoms with Crippen molar-refractivity contribution >= 4 is 41.7 Å². The Hall–Kier alpha value is 0.270. The number of piperidine rings is 1. The summed E-state index contributed by atoms with van der Waals surface area (Å²) in [4.78, 5) is 9.49. The number of rotatable bonds is 3. The molecule has 146 valence electrons. The van der Waals surface area contributed by atoms with Crippen LogP contribution < -0.4 is 5.32 Å². The molecule has 0 aromatic rings. The first kappa shape index (κ1) is 21.6. The van der Waals surface area contributed by atoms with Crippen molar-refractivity contribution in [1.82, 2.24) is 15.1 Å². The summed E-state index contributed by atoms with van der Waals surface area (Å²) in [6.07, 6.45) is 6.32. The minimum Gasteiger partial charge on any atom is -0.381 e. The number of ether oxygens (including phenoxy) is 1. The highest BCUT2D eigenvalue weighted by Gasteiger charge is 2.40. The molecule has 3 aliphatic heterocycles. The van der Waals surface area contributed by atoms with Crippen LogP contribution in [0.1, 0.15) is 32.1 Å². The maximum Gasteiger partial charge on any atom is 0.193 e. The zero-order valence-electron chi connectivity index (χ0n) is 16.1. The van der Waals surface area contributed by atoms with E-state index in [1.165, 1.54) is 43.6 Å². The molecule has 0 aliphatic carbocycles. The topological polar surface area (TPSA) is 40.1 Å². The lowest BCUT2D eigenvalue weighted by atomic mass is 9.76. The smallest absolute Gasteiger partial charge is 0.193 e. The summed E-state index contributed by atoms with van der Waals surface area (Å²) < 4.78 is 5.82. The van der Waals surface area contributed by atoms with Gasteiger partial charge in [-0.15, -0.1) is 24.0 Å². The summed E-state index contributed by atoms with van der Waals surface area (Å²) in [7, 11) is 6.35. The Morgan fingerprint density at radius 1 is 1.28 bits per heavy atom. The molecule has 3 fully saturated rings. The lowest BCUT2D eigenvalue weighted by Gasteiger charge is -2.46. The van der Waals surface area contributed by atoms with Crippen LogP contribution in [-0.4, -0.2) is 86.8 Å². The zero-order chi connectivity index (χ0) is 17.0. The SMILES string of the molecule is CN=C(NCC1(N(C)C)CCSC1)N1CCCC2(CCCOC2)C1.I. The molecule has 0 bridgehead atoms. The maximum atomic E-state index is 5.82. The molecule has 2 unspecified atom stereocenters. The van der Waals surface area contributed by atoms with Crippen LogP contribution in [0.5, 0.6) is 0 Å². The predicted molar refractivity (Wildman–Crippen MR) is 118 cm³/mol. The summed E-state index contributed by atoms with van der Waals surface area (Å²) in [6, 6.07) is 0. The number of nitrogens with one attached hydrogen (secondary N) is 1. The molecule has 1 N–H and O–H groups in total. The van der Waals surface area contributed by atoms with Crippen LogP contribution in [0, 0.1) is 5.41 Å². The minimum absolute atomic E-state index is 0. The molecular weight excluding hydrogens is 447 g/mol. The molecule has 0 amide bonds. The zero-order valence-corrected chi connectivity index (χ0v) is 19.2. The second-order valence-electron chi connectivity index (χ2n) is 8.00. The van der Waals surface area contributed by atoms with Crippen LogP contribution in [0.3, 0.4) is 0 Å². The molecule has 5 nitrogen and oxygen atoms in total. The monoisotopic (exact) mass is 482 g/mol. The van der Waals surface area contributed by atoms with Gasteiger partial charge in [0.15, 0.2) is 5.96 Å². The van der Waals surface area contributed by atoms with Crippen LogP contribution >= 0.6 is 35.7 Å². The van der Waals surface area contributed by atoms with E-state index in [4.69, 9.17) is 4.74 Å². The van der Waals surface area contributed by atoms with Crippen molar-refractivity contribution in [2.45, 2.75) is 37.6 Å². The van der Waals surface area contributed by atoms with E-state index in [-0.39, 0.29) is 29.5 Å². The number of hydrogen-bond donors (Lipinski definition) is 1. The fraction of sp³-hybridized carbons (Fsp3) is 0.944. The van der Waals surface area contributed by atoms with Gasteiger partial charge >= 0.3 is 0 Å². The maximum absolute atomic E-state index is 5.82.